The third-order valence-electron chi connectivity index (χ3n) is 6.34. The summed E-state index contributed by atoms with van der Waals surface area (Å²) in [6.07, 6.45) is -1.57. The Balaban J connectivity index is 1.28. The number of carbonyl (C=O) groups is 1. The second kappa shape index (κ2) is 9.37. The van der Waals surface area contributed by atoms with Gasteiger partial charge in [-0.15, -0.1) is 13.2 Å². The zero-order valence-electron chi connectivity index (χ0n) is 19.1. The minimum absolute atomic E-state index is 0.0564. The average molecular weight is 507 g/mol. The van der Waals surface area contributed by atoms with Gasteiger partial charge in [0.05, 0.1) is 30.5 Å². The Bertz CT molecular complexity index is 1320. The fraction of sp³-hybridized carbons (Fsp3) is 0.435. The number of imidazole rings is 1. The molecule has 4 heterocycles. The Morgan fingerprint density at radius 2 is 1.94 bits per heavy atom. The van der Waals surface area contributed by atoms with Gasteiger partial charge in [-0.2, -0.15) is 0 Å². The molecule has 2 aliphatic heterocycles. The van der Waals surface area contributed by atoms with Gasteiger partial charge in [-0.05, 0) is 25.0 Å². The highest BCUT2D eigenvalue weighted by Gasteiger charge is 2.32. The number of likely N-dealkylation sites (tertiary alicyclic amines) is 1. The molecule has 2 aromatic heterocycles. The van der Waals surface area contributed by atoms with Crippen LogP contribution in [0.4, 0.5) is 18.9 Å². The summed E-state index contributed by atoms with van der Waals surface area (Å²) in [6.45, 7) is 1.83. The molecule has 0 spiro atoms. The summed E-state index contributed by atoms with van der Waals surface area (Å²) in [4.78, 5) is 34.3. The summed E-state index contributed by atoms with van der Waals surface area (Å²) in [6, 6.07) is 4.85. The van der Waals surface area contributed by atoms with Crippen molar-refractivity contribution in [3.63, 3.8) is 0 Å². The Kier molecular flexibility index (Phi) is 6.24. The number of alkyl halides is 3. The van der Waals surface area contributed by atoms with Crippen LogP contribution in [0.15, 0.2) is 35.3 Å². The highest BCUT2D eigenvalue weighted by atomic mass is 19.4. The molecular formula is C23H24F3N5O5. The summed E-state index contributed by atoms with van der Waals surface area (Å²) in [7, 11) is 0. The molecule has 36 heavy (non-hydrogen) atoms. The maximum atomic E-state index is 13.0. The highest BCUT2D eigenvalue weighted by molar-refractivity contribution is 5.99. The van der Waals surface area contributed by atoms with Crippen molar-refractivity contribution < 1.29 is 32.2 Å². The van der Waals surface area contributed by atoms with Crippen molar-refractivity contribution in [2.24, 2.45) is 0 Å². The Hall–Kier alpha value is -3.74. The van der Waals surface area contributed by atoms with Crippen LogP contribution >= 0.6 is 0 Å². The summed E-state index contributed by atoms with van der Waals surface area (Å²) in [5.41, 5.74) is 6.58. The van der Waals surface area contributed by atoms with Crippen molar-refractivity contribution in [1.82, 2.24) is 19.4 Å². The highest BCUT2D eigenvalue weighted by Crippen LogP contribution is 2.30. The van der Waals surface area contributed by atoms with Gasteiger partial charge in [0.2, 0.25) is 0 Å². The fourth-order valence-electron chi connectivity index (χ4n) is 4.64. The summed E-state index contributed by atoms with van der Waals surface area (Å²) >= 11 is 0. The molecule has 2 fully saturated rings. The van der Waals surface area contributed by atoms with Crippen LogP contribution in [0.3, 0.4) is 0 Å². The number of anilines is 1. The number of nitrogens with zero attached hydrogens (tertiary/aromatic N) is 3. The molecular weight excluding hydrogens is 483 g/mol. The summed E-state index contributed by atoms with van der Waals surface area (Å²) < 4.78 is 54.1. The van der Waals surface area contributed by atoms with Crippen LogP contribution in [-0.4, -0.2) is 64.1 Å². The lowest BCUT2D eigenvalue weighted by molar-refractivity contribution is -0.274. The number of amides is 1. The number of halogens is 3. The quantitative estimate of drug-likeness (QED) is 0.509. The molecule has 1 atom stereocenters. The van der Waals surface area contributed by atoms with Gasteiger partial charge in [-0.3, -0.25) is 14.3 Å². The van der Waals surface area contributed by atoms with Crippen LogP contribution in [0.2, 0.25) is 0 Å². The van der Waals surface area contributed by atoms with E-state index in [-0.39, 0.29) is 29.1 Å². The van der Waals surface area contributed by atoms with E-state index in [1.165, 1.54) is 6.07 Å². The molecule has 0 saturated carbocycles. The minimum Gasteiger partial charge on any atom is -0.486 e. The number of nitrogens with two attached hydrogens (primary N) is 1. The molecule has 1 aromatic carbocycles. The van der Waals surface area contributed by atoms with Crippen molar-refractivity contribution in [2.45, 2.75) is 37.8 Å². The zero-order valence-corrected chi connectivity index (χ0v) is 19.1. The predicted octanol–water partition coefficient (Wildman–Crippen LogP) is 2.85. The third-order valence-corrected chi connectivity index (χ3v) is 6.34. The van der Waals surface area contributed by atoms with Crippen molar-refractivity contribution in [3.8, 4) is 11.5 Å². The third kappa shape index (κ3) is 4.96. The molecule has 0 aliphatic carbocycles. The number of ether oxygens (including phenoxy) is 3. The van der Waals surface area contributed by atoms with Gasteiger partial charge >= 0.3 is 12.1 Å². The SMILES string of the molecule is Nc1cc(OC(F)(F)F)ccc1C(=O)N1CCC(n2c(=O)[nH]c3ncc(OC4CCOC4)cc32)CC1. The second-order valence-corrected chi connectivity index (χ2v) is 8.76. The number of aromatic amines is 1. The van der Waals surface area contributed by atoms with E-state index in [0.717, 1.165) is 18.6 Å². The maximum absolute atomic E-state index is 13.0. The molecule has 2 saturated heterocycles. The molecule has 3 N–H and O–H groups in total. The molecule has 5 rings (SSSR count). The van der Waals surface area contributed by atoms with Gasteiger partial charge < -0.3 is 24.8 Å². The van der Waals surface area contributed by atoms with E-state index < -0.39 is 18.0 Å². The number of H-pyrrole nitrogens is 1. The molecule has 3 aromatic rings. The number of nitrogens with one attached hydrogen (secondary N) is 1. The van der Waals surface area contributed by atoms with Crippen LogP contribution in [0.1, 0.15) is 35.7 Å². The number of carbonyl (C=O) groups excluding carboxylic acids is 1. The summed E-state index contributed by atoms with van der Waals surface area (Å²) in [5, 5.41) is 0. The number of fused-ring (bicyclic) bond motifs is 1. The van der Waals surface area contributed by atoms with Crippen LogP contribution in [0.25, 0.3) is 11.2 Å². The smallest absolute Gasteiger partial charge is 0.486 e. The van der Waals surface area contributed by atoms with Gasteiger partial charge in [-0.25, -0.2) is 9.78 Å². The van der Waals surface area contributed by atoms with Crippen molar-refractivity contribution in [1.29, 1.82) is 0 Å². The average Bonchev–Trinajstić information content (AvgIpc) is 3.44. The van der Waals surface area contributed by atoms with Gasteiger partial charge in [-0.1, -0.05) is 0 Å². The number of hydrogen-bond acceptors (Lipinski definition) is 7. The number of piperidine rings is 1. The normalized spacial score (nSPS) is 19.1. The number of nitrogen functional groups attached to an aromatic ring is 1. The Morgan fingerprint density at radius 1 is 1.17 bits per heavy atom. The largest absolute Gasteiger partial charge is 0.573 e. The topological polar surface area (TPSA) is 125 Å². The number of aromatic nitrogens is 3. The van der Waals surface area contributed by atoms with E-state index >= 15 is 0 Å². The van der Waals surface area contributed by atoms with Gasteiger partial charge in [0.1, 0.15) is 17.6 Å². The van der Waals surface area contributed by atoms with Crippen LogP contribution in [0, 0.1) is 0 Å². The first-order chi connectivity index (χ1) is 17.2. The van der Waals surface area contributed by atoms with Gasteiger partial charge in [0, 0.05) is 43.4 Å². The molecule has 1 amide bonds. The lowest BCUT2D eigenvalue weighted by atomic mass is 10.0. The predicted molar refractivity (Wildman–Crippen MR) is 122 cm³/mol. The first-order valence-corrected chi connectivity index (χ1v) is 11.5. The number of benzene rings is 1. The Morgan fingerprint density at radius 3 is 2.61 bits per heavy atom. The van der Waals surface area contributed by atoms with Crippen molar-refractivity contribution in [2.75, 3.05) is 32.0 Å². The monoisotopic (exact) mass is 507 g/mol. The molecule has 1 unspecified atom stereocenters. The number of hydrogen-bond donors (Lipinski definition) is 2. The molecule has 192 valence electrons. The first-order valence-electron chi connectivity index (χ1n) is 11.5. The van der Waals surface area contributed by atoms with Gasteiger partial charge in [0.15, 0.2) is 5.65 Å². The number of rotatable bonds is 5. The molecule has 13 heteroatoms. The van der Waals surface area contributed by atoms with Crippen LogP contribution in [-0.2, 0) is 4.74 Å². The van der Waals surface area contributed by atoms with Crippen molar-refractivity contribution in [3.05, 3.63) is 46.5 Å². The van der Waals surface area contributed by atoms with E-state index in [9.17, 15) is 22.8 Å². The lowest BCUT2D eigenvalue weighted by Crippen LogP contribution is -2.40. The molecule has 0 bridgehead atoms. The van der Waals surface area contributed by atoms with E-state index in [1.807, 2.05) is 0 Å². The van der Waals surface area contributed by atoms with E-state index in [4.69, 9.17) is 15.2 Å². The van der Waals surface area contributed by atoms with Crippen LogP contribution < -0.4 is 20.9 Å². The molecule has 0 radical (unpaired) electrons. The standard InChI is InChI=1S/C23H24F3N5O5/c24-23(25,26)36-14-1-2-17(18(27)9-14)21(32)30-6-3-13(4-7-30)31-19-10-16(35-15-5-8-34-12-15)11-28-20(19)29-22(31)33/h1-2,9-11,13,15H,3-8,12,27H2,(H,28,29,33). The first kappa shape index (κ1) is 24.0. The molecule has 2 aliphatic rings. The van der Waals surface area contributed by atoms with Crippen molar-refractivity contribution >= 4 is 22.8 Å². The van der Waals surface area contributed by atoms with Gasteiger partial charge in [0.25, 0.3) is 5.91 Å². The zero-order chi connectivity index (χ0) is 25.4. The minimum atomic E-state index is -4.85. The van der Waals surface area contributed by atoms with Crippen LogP contribution in [0.5, 0.6) is 11.5 Å². The Labute approximate surface area is 202 Å². The maximum Gasteiger partial charge on any atom is 0.573 e. The molecule has 10 nitrogen and oxygen atoms in total. The van der Waals surface area contributed by atoms with E-state index in [2.05, 4.69) is 14.7 Å². The number of pyridine rings is 1. The lowest BCUT2D eigenvalue weighted by Gasteiger charge is -2.32. The van der Waals surface area contributed by atoms with E-state index in [1.54, 1.807) is 21.7 Å². The second-order valence-electron chi connectivity index (χ2n) is 8.76. The van der Waals surface area contributed by atoms with E-state index in [0.29, 0.717) is 56.1 Å². The fourth-order valence-corrected chi connectivity index (χ4v) is 4.64. The summed E-state index contributed by atoms with van der Waals surface area (Å²) in [5.74, 6) is -0.343.